The molecule has 5 amide bonds. The van der Waals surface area contributed by atoms with Crippen molar-refractivity contribution in [2.75, 3.05) is 19.6 Å². The Balaban J connectivity index is 2.17. The van der Waals surface area contributed by atoms with E-state index in [0.717, 1.165) is 0 Å². The molecular formula is C32H43N7O9. The predicted molar refractivity (Wildman–Crippen MR) is 173 cm³/mol. The number of carbonyl (C=O) groups excluding carboxylic acids is 5. The zero-order valence-electron chi connectivity index (χ0n) is 26.4. The van der Waals surface area contributed by atoms with Gasteiger partial charge in [-0.15, -0.1) is 0 Å². The zero-order valence-corrected chi connectivity index (χ0v) is 26.4. The van der Waals surface area contributed by atoms with Crippen LogP contribution in [0.1, 0.15) is 36.8 Å². The smallest absolute Gasteiger partial charge is 0.322 e. The van der Waals surface area contributed by atoms with Crippen LogP contribution in [0, 0.1) is 0 Å². The summed E-state index contributed by atoms with van der Waals surface area (Å²) in [5, 5.41) is 30.2. The fourth-order valence-corrected chi connectivity index (χ4v) is 4.53. The lowest BCUT2D eigenvalue weighted by atomic mass is 10.0. The lowest BCUT2D eigenvalue weighted by Gasteiger charge is -2.24. The molecule has 4 atom stereocenters. The molecule has 0 aliphatic carbocycles. The first-order valence-corrected chi connectivity index (χ1v) is 15.3. The Kier molecular flexibility index (Phi) is 16.8. The van der Waals surface area contributed by atoms with Crippen LogP contribution in [0.5, 0.6) is 0 Å². The number of rotatable bonds is 21. The van der Waals surface area contributed by atoms with Gasteiger partial charge in [-0.25, -0.2) is 0 Å². The van der Waals surface area contributed by atoms with E-state index in [4.69, 9.17) is 21.7 Å². The third-order valence-electron chi connectivity index (χ3n) is 7.00. The third-order valence-corrected chi connectivity index (χ3v) is 7.00. The number of hydrogen-bond donors (Lipinski definition) is 9. The Hall–Kier alpha value is -5.35. The average Bonchev–Trinajstić information content (AvgIpc) is 3.05. The van der Waals surface area contributed by atoms with E-state index < -0.39 is 85.2 Å². The molecule has 260 valence electrons. The van der Waals surface area contributed by atoms with Crippen LogP contribution < -0.4 is 38.1 Å². The number of hydrogen-bond acceptors (Lipinski definition) is 9. The molecule has 0 fully saturated rings. The molecule has 0 aromatic heterocycles. The van der Waals surface area contributed by atoms with Crippen molar-refractivity contribution >= 4 is 41.5 Å². The van der Waals surface area contributed by atoms with Crippen molar-refractivity contribution in [3.05, 3.63) is 71.8 Å². The van der Waals surface area contributed by atoms with Gasteiger partial charge < -0.3 is 48.3 Å². The molecule has 0 spiro atoms. The summed E-state index contributed by atoms with van der Waals surface area (Å²) < 4.78 is 0. The van der Waals surface area contributed by atoms with E-state index in [-0.39, 0.29) is 19.3 Å². The summed E-state index contributed by atoms with van der Waals surface area (Å²) in [6.45, 7) is -0.912. The van der Waals surface area contributed by atoms with E-state index >= 15 is 0 Å². The topological polar surface area (TPSA) is 272 Å². The van der Waals surface area contributed by atoms with E-state index in [2.05, 4.69) is 26.6 Å². The Morgan fingerprint density at radius 2 is 1.10 bits per heavy atom. The first kappa shape index (κ1) is 38.8. The molecule has 0 saturated carbocycles. The lowest BCUT2D eigenvalue weighted by Crippen LogP contribution is -2.57. The molecule has 16 heteroatoms. The molecule has 0 bridgehead atoms. The van der Waals surface area contributed by atoms with Crippen LogP contribution in [-0.4, -0.2) is 95.5 Å². The van der Waals surface area contributed by atoms with Gasteiger partial charge in [-0.3, -0.25) is 33.6 Å². The van der Waals surface area contributed by atoms with Gasteiger partial charge in [0.25, 0.3) is 0 Å². The lowest BCUT2D eigenvalue weighted by molar-refractivity contribution is -0.140. The minimum Gasteiger partial charge on any atom is -0.481 e. The van der Waals surface area contributed by atoms with Crippen molar-refractivity contribution in [3.63, 3.8) is 0 Å². The van der Waals surface area contributed by atoms with Crippen LogP contribution >= 0.6 is 0 Å². The summed E-state index contributed by atoms with van der Waals surface area (Å²) >= 11 is 0. The van der Waals surface area contributed by atoms with Crippen molar-refractivity contribution in [1.82, 2.24) is 26.6 Å². The van der Waals surface area contributed by atoms with Crippen molar-refractivity contribution in [2.45, 2.75) is 62.7 Å². The Morgan fingerprint density at radius 1 is 0.604 bits per heavy atom. The monoisotopic (exact) mass is 669 g/mol. The molecule has 48 heavy (non-hydrogen) atoms. The normalized spacial score (nSPS) is 13.1. The number of carboxylic acid groups (broad SMARTS) is 2. The summed E-state index contributed by atoms with van der Waals surface area (Å²) in [5.41, 5.74) is 12.6. The Morgan fingerprint density at radius 3 is 1.60 bits per heavy atom. The van der Waals surface area contributed by atoms with E-state index in [0.29, 0.717) is 30.5 Å². The highest BCUT2D eigenvalue weighted by Gasteiger charge is 2.29. The van der Waals surface area contributed by atoms with E-state index in [9.17, 15) is 33.6 Å². The van der Waals surface area contributed by atoms with Crippen LogP contribution in [0.3, 0.4) is 0 Å². The molecule has 0 saturated heterocycles. The van der Waals surface area contributed by atoms with Crippen molar-refractivity contribution in [1.29, 1.82) is 0 Å². The van der Waals surface area contributed by atoms with E-state index in [1.165, 1.54) is 0 Å². The molecule has 0 heterocycles. The molecule has 0 radical (unpaired) electrons. The second kappa shape index (κ2) is 20.7. The number of carboxylic acids is 2. The van der Waals surface area contributed by atoms with Crippen LogP contribution in [0.4, 0.5) is 0 Å². The molecule has 16 nitrogen and oxygen atoms in total. The number of unbranched alkanes of at least 4 members (excludes halogenated alkanes) is 1. The maximum Gasteiger partial charge on any atom is 0.322 e. The van der Waals surface area contributed by atoms with Crippen molar-refractivity contribution < 1.29 is 43.8 Å². The quantitative estimate of drug-likeness (QED) is 0.0667. The molecule has 11 N–H and O–H groups in total. The first-order chi connectivity index (χ1) is 22.9. The number of aliphatic carboxylic acids is 2. The molecule has 2 aromatic rings. The van der Waals surface area contributed by atoms with Crippen LogP contribution in [-0.2, 0) is 46.4 Å². The van der Waals surface area contributed by atoms with Crippen LogP contribution in [0.15, 0.2) is 60.7 Å². The standard InChI is InChI=1S/C32H43N7O9/c33-14-8-7-13-23(38-29(45)22(34)17-27(41)42)32(48)39-25(16-21-11-5-2-6-12-21)31(47)35-18-26(40)37-24(30(46)36-19-28(43)44)15-20-9-3-1-4-10-20/h1-6,9-12,22-25H,7-8,13-19,33-34H2,(H,35,47)(H,36,46)(H,37,40)(H,38,45)(H,39,48)(H,41,42)(H,43,44)/t22-,23-,24-,25-/m0/s1. The van der Waals surface area contributed by atoms with Gasteiger partial charge in [0, 0.05) is 12.8 Å². The summed E-state index contributed by atoms with van der Waals surface area (Å²) in [4.78, 5) is 86.9. The fourth-order valence-electron chi connectivity index (χ4n) is 4.53. The van der Waals surface area contributed by atoms with E-state index in [1.54, 1.807) is 60.7 Å². The zero-order chi connectivity index (χ0) is 35.5. The SMILES string of the molecule is NCCCC[C@H](NC(=O)[C@@H](N)CC(=O)O)C(=O)N[C@@H](Cc1ccccc1)C(=O)NCC(=O)N[C@@H](Cc1ccccc1)C(=O)NCC(=O)O. The van der Waals surface area contributed by atoms with Crippen molar-refractivity contribution in [2.24, 2.45) is 11.5 Å². The Bertz CT molecular complexity index is 1390. The minimum atomic E-state index is -1.41. The van der Waals surface area contributed by atoms with Gasteiger partial charge in [0.15, 0.2) is 0 Å². The van der Waals surface area contributed by atoms with Crippen LogP contribution in [0.2, 0.25) is 0 Å². The van der Waals surface area contributed by atoms with Gasteiger partial charge >= 0.3 is 11.9 Å². The van der Waals surface area contributed by atoms with Gasteiger partial charge in [-0.2, -0.15) is 0 Å². The fraction of sp³-hybridized carbons (Fsp3) is 0.406. The number of carbonyl (C=O) groups is 7. The van der Waals surface area contributed by atoms with Gasteiger partial charge in [0.05, 0.1) is 19.0 Å². The molecule has 2 rings (SSSR count). The second-order valence-electron chi connectivity index (χ2n) is 10.9. The number of nitrogens with one attached hydrogen (secondary N) is 5. The molecule has 0 aliphatic rings. The molecule has 2 aromatic carbocycles. The minimum absolute atomic E-state index is 0.0102. The maximum atomic E-state index is 13.4. The highest BCUT2D eigenvalue weighted by Crippen LogP contribution is 2.08. The summed E-state index contributed by atoms with van der Waals surface area (Å²) in [7, 11) is 0. The highest BCUT2D eigenvalue weighted by atomic mass is 16.4. The van der Waals surface area contributed by atoms with Gasteiger partial charge in [-0.05, 0) is 36.9 Å². The van der Waals surface area contributed by atoms with Gasteiger partial charge in [0.1, 0.15) is 24.7 Å². The molecule has 0 unspecified atom stereocenters. The van der Waals surface area contributed by atoms with Gasteiger partial charge in [0.2, 0.25) is 29.5 Å². The largest absolute Gasteiger partial charge is 0.481 e. The maximum absolute atomic E-state index is 13.4. The summed E-state index contributed by atoms with van der Waals surface area (Å²) in [6.07, 6.45) is 0.496. The first-order valence-electron chi connectivity index (χ1n) is 15.3. The Labute approximate surface area is 277 Å². The third kappa shape index (κ3) is 14.8. The summed E-state index contributed by atoms with van der Waals surface area (Å²) in [5.74, 6) is -6.38. The second-order valence-corrected chi connectivity index (χ2v) is 10.9. The average molecular weight is 670 g/mol. The number of amides is 5. The van der Waals surface area contributed by atoms with Crippen LogP contribution in [0.25, 0.3) is 0 Å². The molecule has 0 aliphatic heterocycles. The number of nitrogens with two attached hydrogens (primary N) is 2. The number of benzene rings is 2. The molecular weight excluding hydrogens is 626 g/mol. The highest BCUT2D eigenvalue weighted by molar-refractivity contribution is 5.95. The van der Waals surface area contributed by atoms with Gasteiger partial charge in [-0.1, -0.05) is 60.7 Å². The van der Waals surface area contributed by atoms with Crippen molar-refractivity contribution in [3.8, 4) is 0 Å². The predicted octanol–water partition coefficient (Wildman–Crippen LogP) is -1.83. The summed E-state index contributed by atoms with van der Waals surface area (Å²) in [6, 6.07) is 12.5. The van der Waals surface area contributed by atoms with E-state index in [1.807, 2.05) is 0 Å².